The summed E-state index contributed by atoms with van der Waals surface area (Å²) in [5, 5.41) is 18.8. The summed E-state index contributed by atoms with van der Waals surface area (Å²) in [6.45, 7) is 0. The molecule has 0 bridgehead atoms. The fourth-order valence-corrected chi connectivity index (χ4v) is 3.08. The van der Waals surface area contributed by atoms with Gasteiger partial charge >= 0.3 is 5.97 Å². The van der Waals surface area contributed by atoms with E-state index in [1.54, 1.807) is 18.1 Å². The number of carboxylic acid groups (broad SMARTS) is 1. The van der Waals surface area contributed by atoms with Crippen LogP contribution in [0.4, 0.5) is 0 Å². The van der Waals surface area contributed by atoms with Crippen LogP contribution in [0.2, 0.25) is 0 Å². The van der Waals surface area contributed by atoms with Crippen LogP contribution in [0.1, 0.15) is 11.5 Å². The smallest absolute Gasteiger partial charge is 0.327 e. The molecule has 0 fully saturated rings. The highest BCUT2D eigenvalue weighted by molar-refractivity contribution is 5.78. The molecule has 2 atom stereocenters. The van der Waals surface area contributed by atoms with Crippen LogP contribution in [0, 0.1) is 11.3 Å². The van der Waals surface area contributed by atoms with Crippen LogP contribution < -0.4 is 0 Å². The van der Waals surface area contributed by atoms with E-state index in [1.165, 1.54) is 0 Å². The molecule has 4 nitrogen and oxygen atoms in total. The Bertz CT molecular complexity index is 788. The molecule has 3 rings (SSSR count). The molecule has 2 unspecified atom stereocenters. The van der Waals surface area contributed by atoms with Crippen molar-refractivity contribution < 1.29 is 9.90 Å². The monoisotopic (exact) mass is 304 g/mol. The van der Waals surface area contributed by atoms with Crippen molar-refractivity contribution in [2.45, 2.75) is 12.0 Å². The normalized spacial score (nSPS) is 20.0. The highest BCUT2D eigenvalue weighted by Gasteiger charge is 2.39. The van der Waals surface area contributed by atoms with Gasteiger partial charge in [-0.05, 0) is 16.7 Å². The Morgan fingerprint density at radius 3 is 2.26 bits per heavy atom. The molecule has 0 aliphatic carbocycles. The fourth-order valence-electron chi connectivity index (χ4n) is 3.08. The fraction of sp³-hybridized carbons (Fsp3) is 0.158. The van der Waals surface area contributed by atoms with Crippen LogP contribution >= 0.6 is 0 Å². The summed E-state index contributed by atoms with van der Waals surface area (Å²) < 4.78 is 0. The first-order chi connectivity index (χ1) is 11.1. The van der Waals surface area contributed by atoms with Gasteiger partial charge in [-0.2, -0.15) is 5.26 Å². The molecule has 1 N–H and O–H groups in total. The Hall–Kier alpha value is -3.06. The number of hydrogen-bond acceptors (Lipinski definition) is 3. The van der Waals surface area contributed by atoms with Gasteiger partial charge in [0.15, 0.2) is 0 Å². The number of carboxylic acids is 1. The molecule has 0 spiro atoms. The average Bonchev–Trinajstić information content (AvgIpc) is 2.92. The number of aliphatic carboxylic acids is 1. The highest BCUT2D eigenvalue weighted by atomic mass is 16.4. The van der Waals surface area contributed by atoms with Crippen molar-refractivity contribution in [3.8, 4) is 17.2 Å². The Morgan fingerprint density at radius 1 is 1.09 bits per heavy atom. The van der Waals surface area contributed by atoms with Gasteiger partial charge in [0.25, 0.3) is 0 Å². The molecule has 1 aliphatic rings. The summed E-state index contributed by atoms with van der Waals surface area (Å²) >= 11 is 0. The van der Waals surface area contributed by atoms with Crippen molar-refractivity contribution in [2.75, 3.05) is 7.05 Å². The van der Waals surface area contributed by atoms with Gasteiger partial charge in [-0.25, -0.2) is 4.79 Å². The molecule has 23 heavy (non-hydrogen) atoms. The summed E-state index contributed by atoms with van der Waals surface area (Å²) in [5.41, 5.74) is 3.49. The van der Waals surface area contributed by atoms with E-state index in [-0.39, 0.29) is 0 Å². The predicted molar refractivity (Wildman–Crippen MR) is 87.5 cm³/mol. The first kappa shape index (κ1) is 14.9. The maximum absolute atomic E-state index is 11.6. The Labute approximate surface area is 134 Å². The van der Waals surface area contributed by atoms with E-state index < -0.39 is 17.9 Å². The van der Waals surface area contributed by atoms with E-state index in [1.807, 2.05) is 54.6 Å². The molecular weight excluding hydrogens is 288 g/mol. The molecule has 2 aromatic rings. The number of hydrogen-bond donors (Lipinski definition) is 1. The van der Waals surface area contributed by atoms with Gasteiger partial charge in [0, 0.05) is 13.2 Å². The van der Waals surface area contributed by atoms with E-state index in [4.69, 9.17) is 0 Å². The molecular formula is C19H16N2O2. The maximum atomic E-state index is 11.6. The molecule has 0 amide bonds. The van der Waals surface area contributed by atoms with Crippen molar-refractivity contribution in [3.05, 3.63) is 71.9 Å². The molecule has 0 radical (unpaired) electrons. The number of rotatable bonds is 3. The summed E-state index contributed by atoms with van der Waals surface area (Å²) in [6, 6.07) is 19.1. The molecule has 0 saturated carbocycles. The maximum Gasteiger partial charge on any atom is 0.327 e. The van der Waals surface area contributed by atoms with Crippen LogP contribution in [-0.2, 0) is 4.79 Å². The van der Waals surface area contributed by atoms with E-state index in [9.17, 15) is 15.2 Å². The number of nitriles is 1. The molecule has 2 aromatic carbocycles. The lowest BCUT2D eigenvalue weighted by Crippen LogP contribution is -2.36. The third kappa shape index (κ3) is 2.69. The van der Waals surface area contributed by atoms with Gasteiger partial charge in [0.2, 0.25) is 0 Å². The van der Waals surface area contributed by atoms with Crippen molar-refractivity contribution in [2.24, 2.45) is 0 Å². The zero-order valence-corrected chi connectivity index (χ0v) is 12.7. The van der Waals surface area contributed by atoms with Crippen LogP contribution in [0.25, 0.3) is 11.1 Å². The largest absolute Gasteiger partial charge is 0.480 e. The SMILES string of the molecule is CN1C=C(C#N)C(c2ccc(-c3ccccc3)cc2)C1C(=O)O. The number of benzene rings is 2. The first-order valence-electron chi connectivity index (χ1n) is 7.34. The summed E-state index contributed by atoms with van der Waals surface area (Å²) in [5.74, 6) is -1.36. The van der Waals surface area contributed by atoms with Crippen molar-refractivity contribution in [3.63, 3.8) is 0 Å². The quantitative estimate of drug-likeness (QED) is 0.945. The molecule has 0 saturated heterocycles. The second kappa shape index (κ2) is 5.98. The standard InChI is InChI=1S/C19H16N2O2/c1-21-12-16(11-20)17(18(21)19(22)23)15-9-7-14(8-10-15)13-5-3-2-4-6-13/h2-10,12,17-18H,1H3,(H,22,23). The molecule has 1 heterocycles. The minimum Gasteiger partial charge on any atom is -0.480 e. The number of likely N-dealkylation sites (N-methyl/N-ethyl adjacent to an activating group) is 1. The Balaban J connectivity index is 1.96. The van der Waals surface area contributed by atoms with E-state index >= 15 is 0 Å². The van der Waals surface area contributed by atoms with Crippen LogP contribution in [0.15, 0.2) is 66.4 Å². The first-order valence-corrected chi connectivity index (χ1v) is 7.34. The third-order valence-electron chi connectivity index (χ3n) is 4.19. The van der Waals surface area contributed by atoms with Gasteiger partial charge in [-0.15, -0.1) is 0 Å². The second-order valence-electron chi connectivity index (χ2n) is 5.61. The Morgan fingerprint density at radius 2 is 1.70 bits per heavy atom. The van der Waals surface area contributed by atoms with Gasteiger partial charge in [0.1, 0.15) is 6.04 Å². The lowest BCUT2D eigenvalue weighted by molar-refractivity contribution is -0.141. The van der Waals surface area contributed by atoms with Crippen molar-refractivity contribution in [1.82, 2.24) is 4.90 Å². The minimum atomic E-state index is -0.925. The molecule has 4 heteroatoms. The van der Waals surface area contributed by atoms with Gasteiger partial charge in [-0.1, -0.05) is 54.6 Å². The van der Waals surface area contributed by atoms with Crippen molar-refractivity contribution in [1.29, 1.82) is 5.26 Å². The van der Waals surface area contributed by atoms with Crippen LogP contribution in [0.5, 0.6) is 0 Å². The van der Waals surface area contributed by atoms with E-state index in [0.717, 1.165) is 16.7 Å². The average molecular weight is 304 g/mol. The number of carbonyl (C=O) groups is 1. The zero-order valence-electron chi connectivity index (χ0n) is 12.7. The summed E-state index contributed by atoms with van der Waals surface area (Å²) in [6.07, 6.45) is 1.62. The van der Waals surface area contributed by atoms with E-state index in [2.05, 4.69) is 6.07 Å². The summed E-state index contributed by atoms with van der Waals surface area (Å²) in [4.78, 5) is 13.2. The minimum absolute atomic E-state index is 0.438. The van der Waals surface area contributed by atoms with Crippen LogP contribution in [-0.4, -0.2) is 29.1 Å². The zero-order chi connectivity index (χ0) is 16.4. The van der Waals surface area contributed by atoms with E-state index in [0.29, 0.717) is 5.57 Å². The lowest BCUT2D eigenvalue weighted by Gasteiger charge is -2.23. The van der Waals surface area contributed by atoms with Gasteiger partial charge in [0.05, 0.1) is 17.6 Å². The topological polar surface area (TPSA) is 64.3 Å². The number of nitrogens with zero attached hydrogens (tertiary/aromatic N) is 2. The second-order valence-corrected chi connectivity index (χ2v) is 5.61. The predicted octanol–water partition coefficient (Wildman–Crippen LogP) is 3.24. The van der Waals surface area contributed by atoms with Crippen molar-refractivity contribution >= 4 is 5.97 Å². The van der Waals surface area contributed by atoms with Gasteiger partial charge < -0.3 is 10.0 Å². The van der Waals surface area contributed by atoms with Crippen LogP contribution in [0.3, 0.4) is 0 Å². The lowest BCUT2D eigenvalue weighted by atomic mass is 9.87. The van der Waals surface area contributed by atoms with Gasteiger partial charge in [-0.3, -0.25) is 0 Å². The Kier molecular flexibility index (Phi) is 3.86. The highest BCUT2D eigenvalue weighted by Crippen LogP contribution is 2.36. The third-order valence-corrected chi connectivity index (χ3v) is 4.19. The molecule has 0 aromatic heterocycles. The summed E-state index contributed by atoms with van der Waals surface area (Å²) in [7, 11) is 1.69. The molecule has 1 aliphatic heterocycles. The molecule has 114 valence electrons.